The second kappa shape index (κ2) is 11.4. The summed E-state index contributed by atoms with van der Waals surface area (Å²) < 4.78 is 63.6. The summed E-state index contributed by atoms with van der Waals surface area (Å²) in [7, 11) is -5.66. The summed E-state index contributed by atoms with van der Waals surface area (Å²) in [5.41, 5.74) is -4.06. The van der Waals surface area contributed by atoms with Gasteiger partial charge in [-0.2, -0.15) is 0 Å². The van der Waals surface area contributed by atoms with Crippen LogP contribution in [0.15, 0.2) is 0 Å². The van der Waals surface area contributed by atoms with Crippen molar-refractivity contribution in [1.82, 2.24) is 5.32 Å². The molecule has 0 aliphatic heterocycles. The summed E-state index contributed by atoms with van der Waals surface area (Å²) in [5, 5.41) is 34.6. The van der Waals surface area contributed by atoms with Crippen molar-refractivity contribution in [3.63, 3.8) is 0 Å². The van der Waals surface area contributed by atoms with E-state index in [0.717, 1.165) is 32.1 Å². The van der Waals surface area contributed by atoms with Crippen LogP contribution in [-0.2, 0) is 14.9 Å². The number of amides is 1. The number of nitrogens with one attached hydrogen (secondary N) is 1. The second-order valence-electron chi connectivity index (χ2n) is 12.3. The molecule has 0 aromatic heterocycles. The number of rotatable bonds is 7. The summed E-state index contributed by atoms with van der Waals surface area (Å²) in [5.74, 6) is -0.292. The van der Waals surface area contributed by atoms with Gasteiger partial charge in [-0.3, -0.25) is 4.79 Å². The fraction of sp³-hybridized carbons (Fsp3) is 0.962. The van der Waals surface area contributed by atoms with Crippen molar-refractivity contribution in [3.05, 3.63) is 0 Å². The zero-order chi connectivity index (χ0) is 29.3. The quantitative estimate of drug-likeness (QED) is 0.240. The zero-order valence-electron chi connectivity index (χ0n) is 25.9. The Morgan fingerprint density at radius 1 is 1.06 bits per heavy atom. The third-order valence-corrected chi connectivity index (χ3v) is 11.0. The molecule has 0 aromatic carbocycles. The predicted octanol–water partition coefficient (Wildman–Crippen LogP) is -0.970. The van der Waals surface area contributed by atoms with Crippen molar-refractivity contribution in [1.29, 1.82) is 0 Å². The van der Waals surface area contributed by atoms with Gasteiger partial charge in [0, 0.05) is 15.7 Å². The molecule has 0 radical (unpaired) electrons. The molecule has 4 N–H and O–H groups in total. The normalized spacial score (nSPS) is 47.4. The average molecular weight is 542 g/mol. The third kappa shape index (κ3) is 5.74. The van der Waals surface area contributed by atoms with Crippen molar-refractivity contribution >= 4 is 16.0 Å². The number of fused-ring (bicyclic) bond motifs is 5. The molecule has 4 saturated carbocycles. The maximum absolute atomic E-state index is 12.5. The van der Waals surface area contributed by atoms with Gasteiger partial charge in [0.05, 0.1) is 36.9 Å². The summed E-state index contributed by atoms with van der Waals surface area (Å²) in [4.78, 5) is 12.5. The second-order valence-corrected chi connectivity index (χ2v) is 13.4. The zero-order valence-corrected chi connectivity index (χ0v) is 24.8. The number of aliphatic hydroxyl groups excluding tert-OH is 3. The van der Waals surface area contributed by atoms with Crippen molar-refractivity contribution in [3.8, 4) is 0 Å². The Bertz CT molecular complexity index is 1070. The molecule has 4 aliphatic rings. The van der Waals surface area contributed by atoms with Crippen molar-refractivity contribution in [2.24, 2.45) is 46.3 Å². The van der Waals surface area contributed by atoms with E-state index in [4.69, 9.17) is 5.48 Å². The summed E-state index contributed by atoms with van der Waals surface area (Å²) in [6.45, 7) is 3.12. The first-order valence-corrected chi connectivity index (χ1v) is 14.5. The van der Waals surface area contributed by atoms with Crippen LogP contribution in [0.5, 0.6) is 0 Å². The smallest absolute Gasteiger partial charge is 0.748 e. The third-order valence-electron chi connectivity index (χ3n) is 10.7. The number of carbonyl (C=O) groups excluding carboxylic acids is 1. The SMILES string of the molecule is [2H]C([2H])(NC(=O)CC[C@@H](C)[C@H]1CC[C@H]2[C@@H]3[C@H](O)[C@@H](O)[C@@H]4C[C@H](O)CC[C@]4(C)[C@H]3CC[C@]12C)C([2H])([2H])S(=O)(=O)[O-].[Na+]. The number of carbonyl (C=O) groups is 1. The fourth-order valence-corrected chi connectivity index (χ4v) is 9.17. The first kappa shape index (κ1) is 25.2. The first-order chi connectivity index (χ1) is 17.8. The predicted molar refractivity (Wildman–Crippen MR) is 130 cm³/mol. The number of aliphatic hydroxyl groups is 3. The van der Waals surface area contributed by atoms with Crippen LogP contribution in [0.2, 0.25) is 0 Å². The monoisotopic (exact) mass is 541 g/mol. The van der Waals surface area contributed by atoms with E-state index in [-0.39, 0.29) is 82.3 Å². The molecule has 0 saturated heterocycles. The standard InChI is InChI=1S/C26H45NO7S.Na/c1-15(4-7-21(29)27-12-13-35(32,33)34)17-5-6-18-22-19(9-11-25(17,18)2)26(3)10-8-16(28)14-20(26)23(30)24(22)31;/h15-20,22-24,28,30-31H,4-14H2,1-3H3,(H,27,29)(H,32,33,34);/q;+1/p-1/t15-,16-,17-,18+,19+,20+,22+,23+,24+,25-,26-;/m1./s1/i12D2,13D2;. The molecule has 202 valence electrons. The number of hydrogen-bond donors (Lipinski definition) is 4. The van der Waals surface area contributed by atoms with E-state index >= 15 is 0 Å². The van der Waals surface area contributed by atoms with Crippen LogP contribution in [0.3, 0.4) is 0 Å². The van der Waals surface area contributed by atoms with Crippen LogP contribution in [0.4, 0.5) is 0 Å². The van der Waals surface area contributed by atoms with Gasteiger partial charge in [-0.1, -0.05) is 20.8 Å². The minimum Gasteiger partial charge on any atom is -0.748 e. The van der Waals surface area contributed by atoms with Gasteiger partial charge in [0.25, 0.3) is 0 Å². The number of hydrogen-bond acceptors (Lipinski definition) is 7. The van der Waals surface area contributed by atoms with Gasteiger partial charge < -0.3 is 25.2 Å². The van der Waals surface area contributed by atoms with Gasteiger partial charge in [-0.05, 0) is 97.7 Å². The van der Waals surface area contributed by atoms with Crippen LogP contribution in [0, 0.1) is 46.3 Å². The van der Waals surface area contributed by atoms with E-state index in [1.165, 1.54) is 0 Å². The molecule has 1 amide bonds. The molecule has 4 fully saturated rings. The summed E-state index contributed by atoms with van der Waals surface area (Å²) in [6.07, 6.45) is 3.80. The molecule has 0 heterocycles. The molecule has 0 unspecified atom stereocenters. The van der Waals surface area contributed by atoms with Crippen LogP contribution in [0.1, 0.15) is 84.0 Å². The van der Waals surface area contributed by atoms with Crippen LogP contribution >= 0.6 is 0 Å². The van der Waals surface area contributed by atoms with Crippen molar-refractivity contribution in [2.45, 2.75) is 96.9 Å². The molecule has 36 heavy (non-hydrogen) atoms. The first-order valence-electron chi connectivity index (χ1n) is 15.1. The maximum Gasteiger partial charge on any atom is 1.00 e. The molecule has 11 atom stereocenters. The Labute approximate surface area is 244 Å². The van der Waals surface area contributed by atoms with Gasteiger partial charge in [0.1, 0.15) is 0 Å². The summed E-state index contributed by atoms with van der Waals surface area (Å²) >= 11 is 0. The Balaban J connectivity index is 0.00000441. The van der Waals surface area contributed by atoms with E-state index in [1.54, 1.807) is 5.32 Å². The van der Waals surface area contributed by atoms with Crippen LogP contribution in [0.25, 0.3) is 0 Å². The largest absolute Gasteiger partial charge is 1.00 e. The molecule has 4 aliphatic carbocycles. The van der Waals surface area contributed by atoms with E-state index in [0.29, 0.717) is 19.3 Å². The Morgan fingerprint density at radius 3 is 2.36 bits per heavy atom. The molecule has 4 rings (SSSR count). The van der Waals surface area contributed by atoms with E-state index in [2.05, 4.69) is 13.8 Å². The van der Waals surface area contributed by atoms with Gasteiger partial charge >= 0.3 is 29.6 Å². The molecular formula is C26H44NNaO7S. The molecule has 8 nitrogen and oxygen atoms in total. The Hall–Kier alpha value is 0.260. The minimum atomic E-state index is -5.66. The molecule has 0 aromatic rings. The Morgan fingerprint density at radius 2 is 1.69 bits per heavy atom. The molecule has 0 bridgehead atoms. The van der Waals surface area contributed by atoms with Crippen LogP contribution < -0.4 is 34.9 Å². The van der Waals surface area contributed by atoms with Gasteiger partial charge in [-0.25, -0.2) is 8.42 Å². The molecule has 10 heteroatoms. The van der Waals surface area contributed by atoms with Gasteiger partial charge in [0.15, 0.2) is 0 Å². The van der Waals surface area contributed by atoms with Crippen LogP contribution in [-0.4, -0.2) is 64.7 Å². The van der Waals surface area contributed by atoms with E-state index < -0.39 is 46.5 Å². The van der Waals surface area contributed by atoms with Crippen molar-refractivity contribution < 1.29 is 68.1 Å². The summed E-state index contributed by atoms with van der Waals surface area (Å²) in [6, 6.07) is 0. The minimum absolute atomic E-state index is 0. The van der Waals surface area contributed by atoms with Gasteiger partial charge in [-0.15, -0.1) is 0 Å². The van der Waals surface area contributed by atoms with E-state index in [9.17, 15) is 33.1 Å². The van der Waals surface area contributed by atoms with Crippen molar-refractivity contribution in [2.75, 3.05) is 12.2 Å². The fourth-order valence-electron chi connectivity index (χ4n) is 8.99. The van der Waals surface area contributed by atoms with E-state index in [1.807, 2.05) is 6.92 Å². The Kier molecular flexibility index (Phi) is 7.99. The average Bonchev–Trinajstić information content (AvgIpc) is 3.18. The maximum atomic E-state index is 12.5. The molecular weight excluding hydrogens is 493 g/mol. The van der Waals surface area contributed by atoms with Gasteiger partial charge in [0.2, 0.25) is 5.91 Å². The molecule has 0 spiro atoms. The topological polar surface area (TPSA) is 147 Å².